The average Bonchev–Trinajstić information content (AvgIpc) is 2.15. The second-order valence-corrected chi connectivity index (χ2v) is 3.64. The van der Waals surface area contributed by atoms with Crippen molar-refractivity contribution in [3.63, 3.8) is 0 Å². The van der Waals surface area contributed by atoms with E-state index >= 15 is 0 Å². The van der Waals surface area contributed by atoms with Gasteiger partial charge < -0.3 is 14.5 Å². The summed E-state index contributed by atoms with van der Waals surface area (Å²) in [6.07, 6.45) is 3.93. The Balaban J connectivity index is 2.37. The second-order valence-electron chi connectivity index (χ2n) is 3.22. The van der Waals surface area contributed by atoms with Gasteiger partial charge in [-0.1, -0.05) is 12.2 Å². The number of thiocarbonyl (C=S) groups is 1. The van der Waals surface area contributed by atoms with Gasteiger partial charge in [0.25, 0.3) is 0 Å². The van der Waals surface area contributed by atoms with Gasteiger partial charge in [-0.15, -0.1) is 0 Å². The van der Waals surface area contributed by atoms with Crippen LogP contribution in [-0.4, -0.2) is 55.2 Å². The quantitative estimate of drug-likeness (QED) is 0.482. The van der Waals surface area contributed by atoms with Crippen molar-refractivity contribution in [2.45, 2.75) is 0 Å². The first kappa shape index (κ1) is 10.5. The topological polar surface area (TPSA) is 15.7 Å². The largest absolute Gasteiger partial charge is 0.383 e. The molecule has 1 fully saturated rings. The molecular weight excluding hydrogens is 184 g/mol. The molecular formula is C9H16N2OS. The molecule has 0 N–H and O–H groups in total. The Morgan fingerprint density at radius 2 is 2.00 bits per heavy atom. The van der Waals surface area contributed by atoms with E-state index in [1.807, 2.05) is 31.3 Å². The number of hydrogen-bond donors (Lipinski definition) is 0. The van der Waals surface area contributed by atoms with Crippen LogP contribution in [0.25, 0.3) is 0 Å². The molecule has 1 rings (SSSR count). The van der Waals surface area contributed by atoms with Crippen molar-refractivity contribution in [2.75, 3.05) is 40.4 Å². The lowest BCUT2D eigenvalue weighted by Gasteiger charge is -2.27. The minimum Gasteiger partial charge on any atom is -0.383 e. The zero-order valence-electron chi connectivity index (χ0n) is 8.19. The van der Waals surface area contributed by atoms with Gasteiger partial charge in [0.05, 0.1) is 13.2 Å². The van der Waals surface area contributed by atoms with Crippen molar-refractivity contribution in [2.24, 2.45) is 0 Å². The van der Waals surface area contributed by atoms with E-state index in [9.17, 15) is 0 Å². The van der Waals surface area contributed by atoms with Crippen molar-refractivity contribution in [1.82, 2.24) is 9.80 Å². The summed E-state index contributed by atoms with van der Waals surface area (Å²) in [5.74, 6) is 0. The molecule has 0 aliphatic carbocycles. The molecule has 1 heterocycles. The van der Waals surface area contributed by atoms with Crippen molar-refractivity contribution >= 4 is 17.2 Å². The molecule has 1 saturated heterocycles. The lowest BCUT2D eigenvalue weighted by atomic mass is 10.4. The van der Waals surface area contributed by atoms with Crippen molar-refractivity contribution in [3.8, 4) is 0 Å². The van der Waals surface area contributed by atoms with Gasteiger partial charge in [-0.25, -0.2) is 0 Å². The van der Waals surface area contributed by atoms with E-state index in [2.05, 4.69) is 4.90 Å². The molecule has 13 heavy (non-hydrogen) atoms. The standard InChI is InChI=1S/C9H16N2OS/c1-10(2)4-3-9(13)11-5-7-12-8-6-11/h3-4H,5-8H2,1-2H3. The fraction of sp³-hybridized carbons (Fsp3) is 0.667. The Morgan fingerprint density at radius 3 is 2.54 bits per heavy atom. The van der Waals surface area contributed by atoms with E-state index in [4.69, 9.17) is 17.0 Å². The summed E-state index contributed by atoms with van der Waals surface area (Å²) >= 11 is 5.25. The maximum atomic E-state index is 5.25. The first-order valence-electron chi connectivity index (χ1n) is 4.41. The Morgan fingerprint density at radius 1 is 1.38 bits per heavy atom. The second kappa shape index (κ2) is 5.19. The molecule has 0 unspecified atom stereocenters. The molecule has 4 heteroatoms. The van der Waals surface area contributed by atoms with Crippen LogP contribution in [0.1, 0.15) is 0 Å². The Bertz CT molecular complexity index is 198. The molecule has 0 radical (unpaired) electrons. The zero-order valence-corrected chi connectivity index (χ0v) is 9.01. The highest BCUT2D eigenvalue weighted by Gasteiger charge is 2.10. The average molecular weight is 200 g/mol. The first-order valence-corrected chi connectivity index (χ1v) is 4.82. The Kier molecular flexibility index (Phi) is 4.18. The number of nitrogens with zero attached hydrogens (tertiary/aromatic N) is 2. The van der Waals surface area contributed by atoms with Crippen LogP contribution in [0.2, 0.25) is 0 Å². The van der Waals surface area contributed by atoms with Crippen LogP contribution in [0, 0.1) is 0 Å². The van der Waals surface area contributed by atoms with Crippen LogP contribution in [0.5, 0.6) is 0 Å². The van der Waals surface area contributed by atoms with Crippen LogP contribution in [0.15, 0.2) is 12.3 Å². The zero-order chi connectivity index (χ0) is 9.68. The third kappa shape index (κ3) is 3.74. The van der Waals surface area contributed by atoms with Gasteiger partial charge >= 0.3 is 0 Å². The molecule has 0 spiro atoms. The fourth-order valence-electron chi connectivity index (χ4n) is 1.10. The molecule has 1 aliphatic heterocycles. The van der Waals surface area contributed by atoms with Gasteiger partial charge in [0, 0.05) is 33.4 Å². The van der Waals surface area contributed by atoms with Crippen molar-refractivity contribution in [3.05, 3.63) is 12.3 Å². The summed E-state index contributed by atoms with van der Waals surface area (Å²) in [5, 5.41) is 0. The Hall–Kier alpha value is -0.610. The van der Waals surface area contributed by atoms with Crippen LogP contribution in [-0.2, 0) is 4.74 Å². The van der Waals surface area contributed by atoms with E-state index in [-0.39, 0.29) is 0 Å². The molecule has 0 aromatic heterocycles. The Labute approximate surface area is 85.0 Å². The lowest BCUT2D eigenvalue weighted by Crippen LogP contribution is -2.39. The monoisotopic (exact) mass is 200 g/mol. The highest BCUT2D eigenvalue weighted by Crippen LogP contribution is 2.00. The third-order valence-electron chi connectivity index (χ3n) is 1.84. The summed E-state index contributed by atoms with van der Waals surface area (Å²) in [6.45, 7) is 3.40. The summed E-state index contributed by atoms with van der Waals surface area (Å²) in [5.41, 5.74) is 0. The summed E-state index contributed by atoms with van der Waals surface area (Å²) in [6, 6.07) is 0. The van der Waals surface area contributed by atoms with E-state index in [1.165, 1.54) is 0 Å². The number of ether oxygens (including phenoxy) is 1. The van der Waals surface area contributed by atoms with E-state index < -0.39 is 0 Å². The fourth-order valence-corrected chi connectivity index (χ4v) is 1.35. The van der Waals surface area contributed by atoms with Gasteiger partial charge in [-0.2, -0.15) is 0 Å². The van der Waals surface area contributed by atoms with Gasteiger partial charge in [0.2, 0.25) is 0 Å². The molecule has 0 aromatic carbocycles. The predicted octanol–water partition coefficient (Wildman–Crippen LogP) is 0.721. The minimum atomic E-state index is 0.788. The highest BCUT2D eigenvalue weighted by atomic mass is 32.1. The van der Waals surface area contributed by atoms with Crippen LogP contribution < -0.4 is 0 Å². The number of rotatable bonds is 2. The van der Waals surface area contributed by atoms with E-state index in [0.717, 1.165) is 31.3 Å². The van der Waals surface area contributed by atoms with Crippen LogP contribution >= 0.6 is 12.2 Å². The molecule has 1 aliphatic rings. The molecule has 0 aromatic rings. The van der Waals surface area contributed by atoms with Crippen LogP contribution in [0.4, 0.5) is 0 Å². The third-order valence-corrected chi connectivity index (χ3v) is 2.23. The maximum absolute atomic E-state index is 5.25. The maximum Gasteiger partial charge on any atom is 0.103 e. The van der Waals surface area contributed by atoms with Gasteiger partial charge in [0.15, 0.2) is 0 Å². The normalized spacial score (nSPS) is 17.8. The molecule has 0 amide bonds. The van der Waals surface area contributed by atoms with Crippen molar-refractivity contribution < 1.29 is 4.74 Å². The highest BCUT2D eigenvalue weighted by molar-refractivity contribution is 7.80. The lowest BCUT2D eigenvalue weighted by molar-refractivity contribution is 0.0694. The first-order chi connectivity index (χ1) is 6.20. The van der Waals surface area contributed by atoms with Crippen LogP contribution in [0.3, 0.4) is 0 Å². The summed E-state index contributed by atoms with van der Waals surface area (Å²) in [4.78, 5) is 5.04. The van der Waals surface area contributed by atoms with Gasteiger partial charge in [-0.3, -0.25) is 0 Å². The van der Waals surface area contributed by atoms with E-state index in [0.29, 0.717) is 0 Å². The summed E-state index contributed by atoms with van der Waals surface area (Å²) < 4.78 is 5.24. The van der Waals surface area contributed by atoms with Gasteiger partial charge in [0.1, 0.15) is 4.99 Å². The van der Waals surface area contributed by atoms with E-state index in [1.54, 1.807) is 0 Å². The van der Waals surface area contributed by atoms with Crippen molar-refractivity contribution in [1.29, 1.82) is 0 Å². The summed E-state index contributed by atoms with van der Waals surface area (Å²) in [7, 11) is 3.97. The SMILES string of the molecule is CN(C)C=CC(=S)N1CCOCC1. The number of morpholine rings is 1. The molecule has 3 nitrogen and oxygen atoms in total. The molecule has 0 saturated carbocycles. The number of hydrogen-bond acceptors (Lipinski definition) is 3. The molecule has 0 bridgehead atoms. The minimum absolute atomic E-state index is 0.788. The molecule has 0 atom stereocenters. The predicted molar refractivity (Wildman–Crippen MR) is 57.8 cm³/mol. The van der Waals surface area contributed by atoms with Gasteiger partial charge in [-0.05, 0) is 6.08 Å². The molecule has 74 valence electrons. The smallest absolute Gasteiger partial charge is 0.103 e.